The van der Waals surface area contributed by atoms with Gasteiger partial charge in [0.1, 0.15) is 11.4 Å². The van der Waals surface area contributed by atoms with Crippen molar-refractivity contribution in [1.29, 1.82) is 0 Å². The second kappa shape index (κ2) is 10.6. The van der Waals surface area contributed by atoms with Crippen molar-refractivity contribution in [3.63, 3.8) is 0 Å². The van der Waals surface area contributed by atoms with Gasteiger partial charge in [-0.05, 0) is 74.2 Å². The lowest BCUT2D eigenvalue weighted by molar-refractivity contribution is -0.119. The zero-order valence-corrected chi connectivity index (χ0v) is 22.8. The number of carbonyl (C=O) groups excluding carboxylic acids is 3. The number of piperidine rings is 1. The smallest absolute Gasteiger partial charge is 0.410 e. The van der Waals surface area contributed by atoms with E-state index in [1.807, 2.05) is 30.3 Å². The lowest BCUT2D eigenvalue weighted by Gasteiger charge is -2.39. The molecule has 7 nitrogen and oxygen atoms in total. The average Bonchev–Trinajstić information content (AvgIpc) is 3.70. The number of ketones is 1. The third kappa shape index (κ3) is 6.29. The largest absolute Gasteiger partial charge is 0.444 e. The fourth-order valence-corrected chi connectivity index (χ4v) is 5.25. The van der Waals surface area contributed by atoms with E-state index in [0.29, 0.717) is 12.8 Å². The third-order valence-electron chi connectivity index (χ3n) is 7.42. The summed E-state index contributed by atoms with van der Waals surface area (Å²) in [5, 5.41) is 4.51. The number of amides is 2. The summed E-state index contributed by atoms with van der Waals surface area (Å²) in [6, 6.07) is 13.3. The fourth-order valence-electron chi connectivity index (χ4n) is 5.25. The van der Waals surface area contributed by atoms with Gasteiger partial charge < -0.3 is 15.0 Å². The Balaban J connectivity index is 1.18. The molecule has 0 spiro atoms. The number of pyridine rings is 1. The van der Waals surface area contributed by atoms with Crippen LogP contribution in [0.4, 0.5) is 13.6 Å². The normalized spacial score (nSPS) is 22.0. The van der Waals surface area contributed by atoms with Gasteiger partial charge in [-0.2, -0.15) is 0 Å². The van der Waals surface area contributed by atoms with E-state index in [4.69, 9.17) is 4.74 Å². The highest BCUT2D eigenvalue weighted by Gasteiger charge is 2.48. The van der Waals surface area contributed by atoms with E-state index in [1.54, 1.807) is 51.4 Å². The summed E-state index contributed by atoms with van der Waals surface area (Å²) in [6.45, 7) is 4.24. The number of hydrogen-bond acceptors (Lipinski definition) is 5. The predicted molar refractivity (Wildman–Crippen MR) is 146 cm³/mol. The fraction of sp³-hybridized carbons (Fsp3) is 0.419. The molecule has 2 heterocycles. The molecule has 1 aliphatic carbocycles. The number of aromatic nitrogens is 1. The number of fused-ring (bicyclic) bond motifs is 1. The van der Waals surface area contributed by atoms with Crippen LogP contribution in [0.1, 0.15) is 61.0 Å². The van der Waals surface area contributed by atoms with Crippen LogP contribution in [-0.4, -0.2) is 58.3 Å². The van der Waals surface area contributed by atoms with Gasteiger partial charge in [0.25, 0.3) is 11.8 Å². The Morgan fingerprint density at radius 1 is 1.10 bits per heavy atom. The number of hydrogen-bond donors (Lipinski definition) is 1. The maximum absolute atomic E-state index is 14.9. The van der Waals surface area contributed by atoms with E-state index in [9.17, 15) is 23.2 Å². The molecule has 1 aromatic heterocycles. The highest BCUT2D eigenvalue weighted by atomic mass is 19.3. The molecule has 0 radical (unpaired) electrons. The first kappa shape index (κ1) is 27.7. The first-order chi connectivity index (χ1) is 18.9. The van der Waals surface area contributed by atoms with E-state index >= 15 is 0 Å². The number of Topliss-reactive ketones (excluding diaryl/α,β-unsaturated/α-hetero) is 1. The van der Waals surface area contributed by atoms with E-state index in [-0.39, 0.29) is 36.1 Å². The van der Waals surface area contributed by atoms with Crippen molar-refractivity contribution in [2.24, 2.45) is 5.92 Å². The SMILES string of the molecule is CC(C)(C)OC(=O)N1CCC(NC(=O)c2cccc([C@@H]3C[C@H]3C(=O)Cc3ccc4cnccc4c3)c2)C(F)(F)C1. The predicted octanol–water partition coefficient (Wildman–Crippen LogP) is 5.52. The number of rotatable bonds is 6. The number of likely N-dealkylation sites (tertiary alicyclic amines) is 1. The number of ether oxygens (including phenoxy) is 1. The van der Waals surface area contributed by atoms with E-state index in [2.05, 4.69) is 10.3 Å². The Morgan fingerprint density at radius 2 is 1.90 bits per heavy atom. The van der Waals surface area contributed by atoms with Gasteiger partial charge in [0.05, 0.1) is 12.6 Å². The molecule has 1 N–H and O–H groups in total. The number of nitrogens with one attached hydrogen (secondary N) is 1. The zero-order valence-electron chi connectivity index (χ0n) is 22.8. The van der Waals surface area contributed by atoms with Crippen LogP contribution in [0.5, 0.6) is 0 Å². The van der Waals surface area contributed by atoms with Gasteiger partial charge in [0.2, 0.25) is 0 Å². The van der Waals surface area contributed by atoms with Crippen LogP contribution in [0.3, 0.4) is 0 Å². The molecular formula is C31H33F2N3O4. The quantitative estimate of drug-likeness (QED) is 0.437. The van der Waals surface area contributed by atoms with Crippen molar-refractivity contribution in [3.8, 4) is 0 Å². The summed E-state index contributed by atoms with van der Waals surface area (Å²) in [6.07, 6.45) is 3.65. The Hall–Kier alpha value is -3.88. The summed E-state index contributed by atoms with van der Waals surface area (Å²) >= 11 is 0. The first-order valence-corrected chi connectivity index (χ1v) is 13.5. The Labute approximate surface area is 231 Å². The number of halogens is 2. The van der Waals surface area contributed by atoms with Gasteiger partial charge in [0.15, 0.2) is 0 Å². The minimum Gasteiger partial charge on any atom is -0.444 e. The zero-order chi connectivity index (χ0) is 28.7. The van der Waals surface area contributed by atoms with Crippen LogP contribution in [0.15, 0.2) is 60.9 Å². The molecule has 3 atom stereocenters. The van der Waals surface area contributed by atoms with Crippen molar-refractivity contribution >= 4 is 28.6 Å². The molecular weight excluding hydrogens is 516 g/mol. The second-order valence-corrected chi connectivity index (χ2v) is 11.8. The van der Waals surface area contributed by atoms with Crippen LogP contribution in [0, 0.1) is 5.92 Å². The van der Waals surface area contributed by atoms with Crippen molar-refractivity contribution in [3.05, 3.63) is 77.6 Å². The Morgan fingerprint density at radius 3 is 2.65 bits per heavy atom. The van der Waals surface area contributed by atoms with Gasteiger partial charge in [-0.25, -0.2) is 13.6 Å². The van der Waals surface area contributed by atoms with Crippen LogP contribution < -0.4 is 5.32 Å². The lowest BCUT2D eigenvalue weighted by atomic mass is 9.98. The average molecular weight is 550 g/mol. The van der Waals surface area contributed by atoms with Gasteiger partial charge in [-0.15, -0.1) is 0 Å². The molecule has 5 rings (SSSR count). The van der Waals surface area contributed by atoms with Crippen molar-refractivity contribution in [1.82, 2.24) is 15.2 Å². The third-order valence-corrected chi connectivity index (χ3v) is 7.42. The summed E-state index contributed by atoms with van der Waals surface area (Å²) in [4.78, 5) is 43.3. The standard InChI is InChI=1S/C31H33F2N3O4/c1-30(2,3)40-29(39)36-12-10-27(31(32,33)18-36)35-28(38)22-6-4-5-21(15-22)24-16-25(24)26(37)14-19-7-8-23-17-34-11-9-20(23)13-19/h4-9,11,13,15,17,24-25,27H,10,12,14,16,18H2,1-3H3,(H,35,38)/t24-,25+,27?/m0/s1. The summed E-state index contributed by atoms with van der Waals surface area (Å²) in [5.74, 6) is -3.90. The molecule has 210 valence electrons. The lowest BCUT2D eigenvalue weighted by Crippen LogP contribution is -2.59. The maximum atomic E-state index is 14.9. The summed E-state index contributed by atoms with van der Waals surface area (Å²) < 4.78 is 35.0. The van der Waals surface area contributed by atoms with E-state index in [1.165, 1.54) is 0 Å². The summed E-state index contributed by atoms with van der Waals surface area (Å²) in [5.41, 5.74) is 1.27. The minimum absolute atomic E-state index is 0.00316. The first-order valence-electron chi connectivity index (χ1n) is 13.5. The molecule has 9 heteroatoms. The molecule has 2 amide bonds. The topological polar surface area (TPSA) is 88.6 Å². The number of carbonyl (C=O) groups is 3. The van der Waals surface area contributed by atoms with Gasteiger partial charge in [-0.1, -0.05) is 30.3 Å². The molecule has 40 heavy (non-hydrogen) atoms. The van der Waals surface area contributed by atoms with Crippen LogP contribution in [0.25, 0.3) is 10.8 Å². The van der Waals surface area contributed by atoms with Crippen molar-refractivity contribution in [2.45, 2.75) is 63.5 Å². The van der Waals surface area contributed by atoms with Crippen LogP contribution >= 0.6 is 0 Å². The van der Waals surface area contributed by atoms with Gasteiger partial charge in [0, 0.05) is 42.2 Å². The molecule has 1 aliphatic heterocycles. The molecule has 3 aromatic rings. The second-order valence-electron chi connectivity index (χ2n) is 11.8. The molecule has 1 saturated carbocycles. The summed E-state index contributed by atoms with van der Waals surface area (Å²) in [7, 11) is 0. The highest BCUT2D eigenvalue weighted by Crippen LogP contribution is 2.48. The highest BCUT2D eigenvalue weighted by molar-refractivity contribution is 5.95. The maximum Gasteiger partial charge on any atom is 0.410 e. The molecule has 2 fully saturated rings. The van der Waals surface area contributed by atoms with Crippen LogP contribution in [0.2, 0.25) is 0 Å². The Kier molecular flexibility index (Phi) is 7.33. The van der Waals surface area contributed by atoms with Gasteiger partial charge in [-0.3, -0.25) is 14.6 Å². The molecule has 2 aromatic carbocycles. The van der Waals surface area contributed by atoms with Crippen LogP contribution in [-0.2, 0) is 16.0 Å². The van der Waals surface area contributed by atoms with E-state index < -0.39 is 36.1 Å². The molecule has 1 unspecified atom stereocenters. The monoisotopic (exact) mass is 549 g/mol. The molecule has 2 aliphatic rings. The minimum atomic E-state index is -3.31. The van der Waals surface area contributed by atoms with Gasteiger partial charge >= 0.3 is 6.09 Å². The number of nitrogens with zero attached hydrogens (tertiary/aromatic N) is 2. The molecule has 1 saturated heterocycles. The number of benzene rings is 2. The molecule has 0 bridgehead atoms. The number of alkyl halides is 2. The Bertz CT molecular complexity index is 1450. The van der Waals surface area contributed by atoms with Crippen molar-refractivity contribution < 1.29 is 27.9 Å². The van der Waals surface area contributed by atoms with E-state index in [0.717, 1.165) is 26.8 Å². The van der Waals surface area contributed by atoms with Crippen molar-refractivity contribution in [2.75, 3.05) is 13.1 Å².